The molecule has 0 spiro atoms. The molecule has 1 fully saturated rings. The molecule has 0 bridgehead atoms. The summed E-state index contributed by atoms with van der Waals surface area (Å²) < 4.78 is 0. The fourth-order valence-electron chi connectivity index (χ4n) is 2.56. The van der Waals surface area contributed by atoms with E-state index in [0.717, 1.165) is 31.2 Å². The van der Waals surface area contributed by atoms with E-state index in [0.29, 0.717) is 17.5 Å². The van der Waals surface area contributed by atoms with Gasteiger partial charge in [0.1, 0.15) is 0 Å². The zero-order valence-electron chi connectivity index (χ0n) is 11.4. The van der Waals surface area contributed by atoms with Crippen LogP contribution in [0, 0.1) is 5.92 Å². The number of benzene rings is 1. The van der Waals surface area contributed by atoms with Gasteiger partial charge >= 0.3 is 6.03 Å². The van der Waals surface area contributed by atoms with Crippen LogP contribution in [-0.4, -0.2) is 23.8 Å². The molecule has 20 heavy (non-hydrogen) atoms. The normalized spacial score (nSPS) is 22.3. The van der Waals surface area contributed by atoms with E-state index in [4.69, 9.17) is 16.7 Å². The quantitative estimate of drug-likeness (QED) is 0.800. The van der Waals surface area contributed by atoms with Gasteiger partial charge in [0.05, 0.1) is 0 Å². The van der Waals surface area contributed by atoms with Crippen molar-refractivity contribution in [3.63, 3.8) is 0 Å². The fraction of sp³-hybridized carbons (Fsp3) is 0.533. The first-order valence-corrected chi connectivity index (χ1v) is 7.45. The maximum atomic E-state index is 11.8. The summed E-state index contributed by atoms with van der Waals surface area (Å²) in [7, 11) is 0. The highest BCUT2D eigenvalue weighted by molar-refractivity contribution is 6.30. The average molecular weight is 297 g/mol. The standard InChI is InChI=1S/C15H21ClN2O2/c16-13-3-1-2-12(8-13)9-17-15(20)18-14-6-4-11(10-19)5-7-14/h1-3,8,11,14,19H,4-7,9-10H2,(H2,17,18,20). The van der Waals surface area contributed by atoms with Crippen molar-refractivity contribution in [3.8, 4) is 0 Å². The number of nitrogens with one attached hydrogen (secondary N) is 2. The van der Waals surface area contributed by atoms with Gasteiger partial charge in [-0.25, -0.2) is 4.79 Å². The Morgan fingerprint density at radius 2 is 2.05 bits per heavy atom. The summed E-state index contributed by atoms with van der Waals surface area (Å²) in [6, 6.07) is 7.53. The summed E-state index contributed by atoms with van der Waals surface area (Å²) in [5.74, 6) is 0.405. The first-order chi connectivity index (χ1) is 9.67. The molecule has 4 nitrogen and oxygen atoms in total. The van der Waals surface area contributed by atoms with Crippen LogP contribution in [0.2, 0.25) is 5.02 Å². The van der Waals surface area contributed by atoms with E-state index in [2.05, 4.69) is 10.6 Å². The second-order valence-electron chi connectivity index (χ2n) is 5.36. The molecular weight excluding hydrogens is 276 g/mol. The molecule has 1 aromatic rings. The second-order valence-corrected chi connectivity index (χ2v) is 5.79. The summed E-state index contributed by atoms with van der Waals surface area (Å²) in [4.78, 5) is 11.8. The van der Waals surface area contributed by atoms with E-state index in [-0.39, 0.29) is 18.7 Å². The highest BCUT2D eigenvalue weighted by Gasteiger charge is 2.21. The molecule has 1 aliphatic rings. The molecule has 0 unspecified atom stereocenters. The Bertz CT molecular complexity index is 445. The summed E-state index contributed by atoms with van der Waals surface area (Å²) in [5, 5.41) is 15.6. The Balaban J connectivity index is 1.71. The molecule has 0 radical (unpaired) electrons. The molecule has 1 saturated carbocycles. The largest absolute Gasteiger partial charge is 0.396 e. The van der Waals surface area contributed by atoms with Crippen molar-refractivity contribution in [2.24, 2.45) is 5.92 Å². The Morgan fingerprint density at radius 3 is 2.70 bits per heavy atom. The van der Waals surface area contributed by atoms with E-state index in [1.807, 2.05) is 24.3 Å². The van der Waals surface area contributed by atoms with Crippen molar-refractivity contribution in [3.05, 3.63) is 34.9 Å². The summed E-state index contributed by atoms with van der Waals surface area (Å²) in [6.45, 7) is 0.728. The zero-order valence-corrected chi connectivity index (χ0v) is 12.2. The summed E-state index contributed by atoms with van der Waals surface area (Å²) in [6.07, 6.45) is 3.84. The molecule has 1 aromatic carbocycles. The average Bonchev–Trinajstić information content (AvgIpc) is 2.46. The Morgan fingerprint density at radius 1 is 1.30 bits per heavy atom. The van der Waals surface area contributed by atoms with Gasteiger partial charge in [-0.2, -0.15) is 0 Å². The lowest BCUT2D eigenvalue weighted by Gasteiger charge is -2.27. The van der Waals surface area contributed by atoms with Crippen molar-refractivity contribution in [1.29, 1.82) is 0 Å². The highest BCUT2D eigenvalue weighted by atomic mass is 35.5. The predicted molar refractivity (Wildman–Crippen MR) is 79.7 cm³/mol. The lowest BCUT2D eigenvalue weighted by molar-refractivity contribution is 0.174. The Hall–Kier alpha value is -1.26. The number of carbonyl (C=O) groups is 1. The van der Waals surface area contributed by atoms with E-state index in [1.165, 1.54) is 0 Å². The molecule has 0 aliphatic heterocycles. The van der Waals surface area contributed by atoms with Gasteiger partial charge in [0, 0.05) is 24.2 Å². The van der Waals surface area contributed by atoms with Crippen LogP contribution in [0.1, 0.15) is 31.2 Å². The van der Waals surface area contributed by atoms with E-state index >= 15 is 0 Å². The highest BCUT2D eigenvalue weighted by Crippen LogP contribution is 2.23. The summed E-state index contributed by atoms with van der Waals surface area (Å²) >= 11 is 5.89. The van der Waals surface area contributed by atoms with E-state index in [9.17, 15) is 4.79 Å². The number of aliphatic hydroxyl groups is 1. The van der Waals surface area contributed by atoms with Crippen molar-refractivity contribution in [2.75, 3.05) is 6.61 Å². The predicted octanol–water partition coefficient (Wildman–Crippen LogP) is 2.69. The van der Waals surface area contributed by atoms with Gasteiger partial charge < -0.3 is 15.7 Å². The van der Waals surface area contributed by atoms with Gasteiger partial charge in [-0.3, -0.25) is 0 Å². The van der Waals surface area contributed by atoms with Gasteiger partial charge in [0.15, 0.2) is 0 Å². The van der Waals surface area contributed by atoms with Crippen LogP contribution >= 0.6 is 11.6 Å². The van der Waals surface area contributed by atoms with Crippen LogP contribution in [0.25, 0.3) is 0 Å². The minimum absolute atomic E-state index is 0.141. The van der Waals surface area contributed by atoms with E-state index in [1.54, 1.807) is 0 Å². The number of carbonyl (C=O) groups excluding carboxylic acids is 1. The molecule has 0 aromatic heterocycles. The smallest absolute Gasteiger partial charge is 0.315 e. The zero-order chi connectivity index (χ0) is 14.4. The molecular formula is C15H21ClN2O2. The fourth-order valence-corrected chi connectivity index (χ4v) is 2.77. The number of halogens is 1. The number of urea groups is 1. The molecule has 0 atom stereocenters. The van der Waals surface area contributed by atoms with Crippen molar-refractivity contribution < 1.29 is 9.90 Å². The van der Waals surface area contributed by atoms with Crippen LogP contribution < -0.4 is 10.6 Å². The summed E-state index contributed by atoms with van der Waals surface area (Å²) in [5.41, 5.74) is 0.983. The molecule has 2 rings (SSSR count). The van der Waals surface area contributed by atoms with Crippen molar-refractivity contribution >= 4 is 17.6 Å². The second kappa shape index (κ2) is 7.50. The van der Waals surface area contributed by atoms with Gasteiger partial charge in [0.2, 0.25) is 0 Å². The lowest BCUT2D eigenvalue weighted by atomic mass is 9.87. The third-order valence-electron chi connectivity index (χ3n) is 3.78. The Kier molecular flexibility index (Phi) is 5.68. The van der Waals surface area contributed by atoms with Crippen LogP contribution in [-0.2, 0) is 6.54 Å². The topological polar surface area (TPSA) is 61.4 Å². The van der Waals surface area contributed by atoms with Crippen LogP contribution in [0.15, 0.2) is 24.3 Å². The van der Waals surface area contributed by atoms with Gasteiger partial charge in [-0.1, -0.05) is 23.7 Å². The monoisotopic (exact) mass is 296 g/mol. The molecule has 0 saturated heterocycles. The van der Waals surface area contributed by atoms with Gasteiger partial charge in [-0.15, -0.1) is 0 Å². The van der Waals surface area contributed by atoms with Gasteiger partial charge in [-0.05, 0) is 49.3 Å². The molecule has 3 N–H and O–H groups in total. The molecule has 110 valence electrons. The molecule has 5 heteroatoms. The first kappa shape index (κ1) is 15.1. The maximum absolute atomic E-state index is 11.8. The van der Waals surface area contributed by atoms with E-state index < -0.39 is 0 Å². The number of amides is 2. The van der Waals surface area contributed by atoms with Gasteiger partial charge in [0.25, 0.3) is 0 Å². The number of aliphatic hydroxyl groups excluding tert-OH is 1. The maximum Gasteiger partial charge on any atom is 0.315 e. The SMILES string of the molecule is O=C(NCc1cccc(Cl)c1)NC1CCC(CO)CC1. The van der Waals surface area contributed by atoms with Crippen molar-refractivity contribution in [1.82, 2.24) is 10.6 Å². The van der Waals surface area contributed by atoms with Crippen LogP contribution in [0.4, 0.5) is 4.79 Å². The molecule has 1 aliphatic carbocycles. The minimum atomic E-state index is -0.141. The number of hydrogen-bond acceptors (Lipinski definition) is 2. The minimum Gasteiger partial charge on any atom is -0.396 e. The third kappa shape index (κ3) is 4.69. The lowest BCUT2D eigenvalue weighted by Crippen LogP contribution is -2.43. The Labute approximate surface area is 124 Å². The van der Waals surface area contributed by atoms with Crippen LogP contribution in [0.5, 0.6) is 0 Å². The third-order valence-corrected chi connectivity index (χ3v) is 4.02. The molecule has 0 heterocycles. The number of hydrogen-bond donors (Lipinski definition) is 3. The molecule has 2 amide bonds. The number of rotatable bonds is 4. The first-order valence-electron chi connectivity index (χ1n) is 7.07. The van der Waals surface area contributed by atoms with Crippen LogP contribution in [0.3, 0.4) is 0 Å². The van der Waals surface area contributed by atoms with Crippen molar-refractivity contribution in [2.45, 2.75) is 38.3 Å².